The maximum absolute atomic E-state index is 12.8. The van der Waals surface area contributed by atoms with E-state index in [1.54, 1.807) is 22.8 Å². The highest BCUT2D eigenvalue weighted by molar-refractivity contribution is 5.94. The van der Waals surface area contributed by atoms with Crippen molar-refractivity contribution in [2.24, 2.45) is 5.92 Å². The zero-order valence-electron chi connectivity index (χ0n) is 13.0. The van der Waals surface area contributed by atoms with Crippen molar-refractivity contribution in [1.29, 1.82) is 5.26 Å². The third kappa shape index (κ3) is 3.63. The van der Waals surface area contributed by atoms with Gasteiger partial charge in [0.1, 0.15) is 5.82 Å². The van der Waals surface area contributed by atoms with Crippen LogP contribution in [0.4, 0.5) is 13.2 Å². The van der Waals surface area contributed by atoms with Gasteiger partial charge in [-0.1, -0.05) is 6.07 Å². The van der Waals surface area contributed by atoms with Crippen molar-refractivity contribution in [2.75, 3.05) is 0 Å². The molecule has 1 unspecified atom stereocenters. The standard InChI is InChI=1S/C16H14F3N5O/c17-16(18,19)12-4-5-24-13(7-12)22-23-14(24)9-21-15(25)11-3-1-2-10(6-11)8-20/h1-3,6,12H,4-5,7,9H2,(H,21,25). The molecule has 1 aliphatic rings. The number of nitrogens with zero attached hydrogens (tertiary/aromatic N) is 4. The Morgan fingerprint density at radius 2 is 2.20 bits per heavy atom. The van der Waals surface area contributed by atoms with Gasteiger partial charge in [0.25, 0.3) is 5.91 Å². The highest BCUT2D eigenvalue weighted by atomic mass is 19.4. The van der Waals surface area contributed by atoms with Crippen LogP contribution in [0, 0.1) is 17.2 Å². The molecule has 1 aromatic heterocycles. The van der Waals surface area contributed by atoms with E-state index in [9.17, 15) is 18.0 Å². The van der Waals surface area contributed by atoms with Gasteiger partial charge < -0.3 is 9.88 Å². The van der Waals surface area contributed by atoms with Crippen molar-refractivity contribution in [2.45, 2.75) is 32.1 Å². The number of rotatable bonds is 3. The van der Waals surface area contributed by atoms with Crippen LogP contribution in [0.15, 0.2) is 24.3 Å². The van der Waals surface area contributed by atoms with Crippen molar-refractivity contribution >= 4 is 5.91 Å². The normalized spacial score (nSPS) is 16.8. The van der Waals surface area contributed by atoms with Crippen LogP contribution < -0.4 is 5.32 Å². The number of nitriles is 1. The number of carbonyl (C=O) groups is 1. The lowest BCUT2D eigenvalue weighted by Gasteiger charge is -2.25. The molecular formula is C16H14F3N5O. The molecule has 25 heavy (non-hydrogen) atoms. The second-order valence-electron chi connectivity index (χ2n) is 5.79. The Balaban J connectivity index is 1.66. The lowest BCUT2D eigenvalue weighted by atomic mass is 9.97. The van der Waals surface area contributed by atoms with Gasteiger partial charge in [0.15, 0.2) is 5.82 Å². The molecule has 0 fully saturated rings. The first-order valence-electron chi connectivity index (χ1n) is 7.64. The average Bonchev–Trinajstić information content (AvgIpc) is 3.01. The van der Waals surface area contributed by atoms with Crippen molar-refractivity contribution in [1.82, 2.24) is 20.1 Å². The molecule has 1 aromatic carbocycles. The van der Waals surface area contributed by atoms with Crippen LogP contribution >= 0.6 is 0 Å². The number of alkyl halides is 3. The predicted octanol–water partition coefficient (Wildman–Crippen LogP) is 2.20. The van der Waals surface area contributed by atoms with Crippen LogP contribution in [0.2, 0.25) is 0 Å². The van der Waals surface area contributed by atoms with Gasteiger partial charge in [0.05, 0.1) is 24.1 Å². The minimum absolute atomic E-state index is 0.0281. The quantitative estimate of drug-likeness (QED) is 0.921. The Kier molecular flexibility index (Phi) is 4.44. The van der Waals surface area contributed by atoms with Crippen molar-refractivity contribution in [3.05, 3.63) is 47.0 Å². The van der Waals surface area contributed by atoms with E-state index in [1.807, 2.05) is 6.07 Å². The number of nitrogens with one attached hydrogen (secondary N) is 1. The van der Waals surface area contributed by atoms with E-state index < -0.39 is 18.0 Å². The van der Waals surface area contributed by atoms with Gasteiger partial charge in [-0.2, -0.15) is 18.4 Å². The van der Waals surface area contributed by atoms with Crippen molar-refractivity contribution < 1.29 is 18.0 Å². The summed E-state index contributed by atoms with van der Waals surface area (Å²) in [7, 11) is 0. The molecule has 0 spiro atoms. The Bertz CT molecular complexity index is 837. The highest BCUT2D eigenvalue weighted by Crippen LogP contribution is 2.34. The fraction of sp³-hybridized carbons (Fsp3) is 0.375. The number of fused-ring (bicyclic) bond motifs is 1. The SMILES string of the molecule is N#Cc1cccc(C(=O)NCc2nnc3n2CCC(C(F)(F)F)C3)c1. The summed E-state index contributed by atoms with van der Waals surface area (Å²) < 4.78 is 40.0. The summed E-state index contributed by atoms with van der Waals surface area (Å²) in [5.74, 6) is -1.09. The van der Waals surface area contributed by atoms with Crippen LogP contribution in [0.25, 0.3) is 0 Å². The van der Waals surface area contributed by atoms with E-state index in [0.29, 0.717) is 17.0 Å². The Hall–Kier alpha value is -2.89. The molecule has 1 aliphatic heterocycles. The molecule has 6 nitrogen and oxygen atoms in total. The fourth-order valence-corrected chi connectivity index (χ4v) is 2.79. The number of benzene rings is 1. The summed E-state index contributed by atoms with van der Waals surface area (Å²) in [6.07, 6.45) is -4.47. The van der Waals surface area contributed by atoms with E-state index >= 15 is 0 Å². The number of hydrogen-bond acceptors (Lipinski definition) is 4. The van der Waals surface area contributed by atoms with E-state index in [-0.39, 0.29) is 31.8 Å². The number of halogens is 3. The van der Waals surface area contributed by atoms with Gasteiger partial charge in [-0.15, -0.1) is 10.2 Å². The van der Waals surface area contributed by atoms with Crippen LogP contribution in [-0.2, 0) is 19.5 Å². The molecule has 2 heterocycles. The van der Waals surface area contributed by atoms with E-state index in [0.717, 1.165) is 0 Å². The lowest BCUT2D eigenvalue weighted by Crippen LogP contribution is -2.32. The highest BCUT2D eigenvalue weighted by Gasteiger charge is 2.42. The first-order chi connectivity index (χ1) is 11.9. The van der Waals surface area contributed by atoms with Gasteiger partial charge in [-0.25, -0.2) is 0 Å². The largest absolute Gasteiger partial charge is 0.392 e. The fourth-order valence-electron chi connectivity index (χ4n) is 2.79. The van der Waals surface area contributed by atoms with E-state index in [4.69, 9.17) is 5.26 Å². The van der Waals surface area contributed by atoms with Crippen molar-refractivity contribution in [3.63, 3.8) is 0 Å². The molecule has 130 valence electrons. The molecule has 1 atom stereocenters. The van der Waals surface area contributed by atoms with Crippen LogP contribution in [-0.4, -0.2) is 26.8 Å². The zero-order chi connectivity index (χ0) is 18.0. The smallest absolute Gasteiger partial charge is 0.345 e. The van der Waals surface area contributed by atoms with Crippen LogP contribution in [0.5, 0.6) is 0 Å². The monoisotopic (exact) mass is 349 g/mol. The second kappa shape index (κ2) is 6.55. The second-order valence-corrected chi connectivity index (χ2v) is 5.79. The molecule has 0 bridgehead atoms. The molecular weight excluding hydrogens is 335 g/mol. The minimum Gasteiger partial charge on any atom is -0.345 e. The van der Waals surface area contributed by atoms with Gasteiger partial charge in [0.2, 0.25) is 0 Å². The van der Waals surface area contributed by atoms with Gasteiger partial charge in [-0.05, 0) is 24.6 Å². The minimum atomic E-state index is -4.24. The molecule has 2 aromatic rings. The summed E-state index contributed by atoms with van der Waals surface area (Å²) in [4.78, 5) is 12.1. The number of carbonyl (C=O) groups excluding carboxylic acids is 1. The first kappa shape index (κ1) is 17.0. The number of amides is 1. The molecule has 0 radical (unpaired) electrons. The molecule has 0 aliphatic carbocycles. The molecule has 3 rings (SSSR count). The number of hydrogen-bond donors (Lipinski definition) is 1. The first-order valence-corrected chi connectivity index (χ1v) is 7.64. The van der Waals surface area contributed by atoms with Gasteiger partial charge in [-0.3, -0.25) is 4.79 Å². The van der Waals surface area contributed by atoms with Gasteiger partial charge >= 0.3 is 6.18 Å². The zero-order valence-corrected chi connectivity index (χ0v) is 13.0. The van der Waals surface area contributed by atoms with E-state index in [1.165, 1.54) is 6.07 Å². The maximum atomic E-state index is 12.8. The molecule has 9 heteroatoms. The Morgan fingerprint density at radius 1 is 1.40 bits per heavy atom. The third-order valence-electron chi connectivity index (χ3n) is 4.16. The maximum Gasteiger partial charge on any atom is 0.392 e. The Labute approximate surface area is 141 Å². The summed E-state index contributed by atoms with van der Waals surface area (Å²) in [6, 6.07) is 8.17. The van der Waals surface area contributed by atoms with E-state index in [2.05, 4.69) is 15.5 Å². The van der Waals surface area contributed by atoms with Gasteiger partial charge in [0, 0.05) is 18.5 Å². The molecule has 0 saturated heterocycles. The number of aromatic nitrogens is 3. The summed E-state index contributed by atoms with van der Waals surface area (Å²) >= 11 is 0. The van der Waals surface area contributed by atoms with Crippen LogP contribution in [0.3, 0.4) is 0 Å². The summed E-state index contributed by atoms with van der Waals surface area (Å²) in [5.41, 5.74) is 0.695. The lowest BCUT2D eigenvalue weighted by molar-refractivity contribution is -0.179. The molecule has 1 N–H and O–H groups in total. The summed E-state index contributed by atoms with van der Waals surface area (Å²) in [6.45, 7) is 0.223. The molecule has 1 amide bonds. The average molecular weight is 349 g/mol. The summed E-state index contributed by atoms with van der Waals surface area (Å²) in [5, 5.41) is 19.2. The van der Waals surface area contributed by atoms with Crippen molar-refractivity contribution in [3.8, 4) is 6.07 Å². The molecule has 0 saturated carbocycles. The third-order valence-corrected chi connectivity index (χ3v) is 4.16. The Morgan fingerprint density at radius 3 is 2.92 bits per heavy atom. The van der Waals surface area contributed by atoms with Crippen LogP contribution in [0.1, 0.15) is 34.0 Å². The predicted molar refractivity (Wildman–Crippen MR) is 80.2 cm³/mol. The topological polar surface area (TPSA) is 83.6 Å².